The molecule has 0 fully saturated rings. The van der Waals surface area contributed by atoms with Gasteiger partial charge in [0, 0.05) is 36.1 Å². The van der Waals surface area contributed by atoms with Crippen molar-refractivity contribution in [2.24, 2.45) is 0 Å². The standard InChI is InChI=1S/C14H17ClN2O2.ClH/c1-9-11-8-10(15)4-5-12(11)19-13(9)14(18)17(3)7-6-16-2;/h4-5,8,16H,6-7H2,1-3H3;1H. The summed E-state index contributed by atoms with van der Waals surface area (Å²) in [7, 11) is 3.62. The molecule has 1 N–H and O–H groups in total. The number of hydrogen-bond donors (Lipinski definition) is 1. The highest BCUT2D eigenvalue weighted by Crippen LogP contribution is 2.28. The molecule has 0 saturated heterocycles. The number of halogens is 2. The zero-order valence-corrected chi connectivity index (χ0v) is 13.3. The van der Waals surface area contributed by atoms with E-state index in [1.165, 1.54) is 0 Å². The fourth-order valence-corrected chi connectivity index (χ4v) is 2.12. The van der Waals surface area contributed by atoms with E-state index in [0.717, 1.165) is 17.5 Å². The largest absolute Gasteiger partial charge is 0.451 e. The zero-order chi connectivity index (χ0) is 14.0. The second-order valence-electron chi connectivity index (χ2n) is 4.53. The lowest BCUT2D eigenvalue weighted by Crippen LogP contribution is -2.32. The van der Waals surface area contributed by atoms with E-state index in [0.29, 0.717) is 22.9 Å². The van der Waals surface area contributed by atoms with Gasteiger partial charge >= 0.3 is 0 Å². The molecular formula is C14H18Cl2N2O2. The second kappa shape index (κ2) is 6.97. The summed E-state index contributed by atoms with van der Waals surface area (Å²) < 4.78 is 5.65. The van der Waals surface area contributed by atoms with E-state index in [9.17, 15) is 4.79 Å². The van der Waals surface area contributed by atoms with Crippen molar-refractivity contribution in [3.05, 3.63) is 34.5 Å². The summed E-state index contributed by atoms with van der Waals surface area (Å²) in [6.45, 7) is 3.25. The number of fused-ring (bicyclic) bond motifs is 1. The number of carbonyl (C=O) groups is 1. The first-order chi connectivity index (χ1) is 9.04. The van der Waals surface area contributed by atoms with Gasteiger partial charge in [-0.1, -0.05) is 11.6 Å². The molecule has 0 saturated carbocycles. The molecular weight excluding hydrogens is 299 g/mol. The molecule has 0 aliphatic heterocycles. The van der Waals surface area contributed by atoms with E-state index in [1.54, 1.807) is 24.1 Å². The van der Waals surface area contributed by atoms with Gasteiger partial charge in [-0.05, 0) is 32.2 Å². The Balaban J connectivity index is 0.00000200. The number of furan rings is 1. The highest BCUT2D eigenvalue weighted by atomic mass is 35.5. The van der Waals surface area contributed by atoms with Crippen molar-refractivity contribution in [1.29, 1.82) is 0 Å². The van der Waals surface area contributed by atoms with Gasteiger partial charge in [-0.2, -0.15) is 0 Å². The lowest BCUT2D eigenvalue weighted by molar-refractivity contribution is 0.0767. The summed E-state index contributed by atoms with van der Waals surface area (Å²) in [4.78, 5) is 13.9. The molecule has 0 spiro atoms. The number of nitrogens with zero attached hydrogens (tertiary/aromatic N) is 1. The summed E-state index contributed by atoms with van der Waals surface area (Å²) in [6, 6.07) is 5.36. The van der Waals surface area contributed by atoms with Gasteiger partial charge in [0.15, 0.2) is 5.76 Å². The Morgan fingerprint density at radius 1 is 1.45 bits per heavy atom. The van der Waals surface area contributed by atoms with Gasteiger partial charge in [-0.15, -0.1) is 12.4 Å². The average Bonchev–Trinajstić information content (AvgIpc) is 2.72. The number of benzene rings is 1. The summed E-state index contributed by atoms with van der Waals surface area (Å²) >= 11 is 5.97. The molecule has 0 aliphatic rings. The van der Waals surface area contributed by atoms with Gasteiger partial charge < -0.3 is 14.6 Å². The monoisotopic (exact) mass is 316 g/mol. The smallest absolute Gasteiger partial charge is 0.289 e. The molecule has 2 aromatic rings. The maximum absolute atomic E-state index is 12.3. The quantitative estimate of drug-likeness (QED) is 0.942. The first-order valence-corrected chi connectivity index (χ1v) is 6.51. The predicted octanol–water partition coefficient (Wildman–Crippen LogP) is 3.11. The average molecular weight is 317 g/mol. The van der Waals surface area contributed by atoms with Gasteiger partial charge in [0.25, 0.3) is 5.91 Å². The van der Waals surface area contributed by atoms with Crippen LogP contribution in [-0.4, -0.2) is 38.0 Å². The zero-order valence-electron chi connectivity index (χ0n) is 11.7. The molecule has 110 valence electrons. The van der Waals surface area contributed by atoms with Gasteiger partial charge in [-0.3, -0.25) is 4.79 Å². The number of rotatable bonds is 4. The lowest BCUT2D eigenvalue weighted by Gasteiger charge is -2.15. The molecule has 0 atom stereocenters. The Labute approximate surface area is 129 Å². The topological polar surface area (TPSA) is 45.5 Å². The van der Waals surface area contributed by atoms with Crippen molar-refractivity contribution in [1.82, 2.24) is 10.2 Å². The van der Waals surface area contributed by atoms with Crippen LogP contribution in [0.15, 0.2) is 22.6 Å². The number of nitrogens with one attached hydrogen (secondary N) is 1. The minimum atomic E-state index is -0.111. The van der Waals surface area contributed by atoms with E-state index >= 15 is 0 Å². The third kappa shape index (κ3) is 3.26. The predicted molar refractivity (Wildman–Crippen MR) is 84.1 cm³/mol. The molecule has 0 unspecified atom stereocenters. The van der Waals surface area contributed by atoms with Crippen molar-refractivity contribution in [2.45, 2.75) is 6.92 Å². The van der Waals surface area contributed by atoms with Crippen LogP contribution in [0.3, 0.4) is 0 Å². The molecule has 0 bridgehead atoms. The minimum absolute atomic E-state index is 0. The summed E-state index contributed by atoms with van der Waals surface area (Å²) in [5.41, 5.74) is 1.52. The Kier molecular flexibility index (Phi) is 5.87. The Bertz CT molecular complexity index is 610. The molecule has 1 aromatic carbocycles. The Morgan fingerprint density at radius 3 is 2.80 bits per heavy atom. The van der Waals surface area contributed by atoms with Crippen molar-refractivity contribution in [3.63, 3.8) is 0 Å². The SMILES string of the molecule is CNCCN(C)C(=O)c1oc2ccc(Cl)cc2c1C.Cl. The van der Waals surface area contributed by atoms with Crippen LogP contribution in [0.25, 0.3) is 11.0 Å². The third-order valence-corrected chi connectivity index (χ3v) is 3.37. The van der Waals surface area contributed by atoms with E-state index < -0.39 is 0 Å². The van der Waals surface area contributed by atoms with E-state index in [1.807, 2.05) is 20.0 Å². The number of likely N-dealkylation sites (N-methyl/N-ethyl adjacent to an activating group) is 2. The molecule has 1 aromatic heterocycles. The van der Waals surface area contributed by atoms with Gasteiger partial charge in [0.2, 0.25) is 0 Å². The molecule has 1 amide bonds. The van der Waals surface area contributed by atoms with Gasteiger partial charge in [0.1, 0.15) is 5.58 Å². The summed E-state index contributed by atoms with van der Waals surface area (Å²) in [5, 5.41) is 4.54. The van der Waals surface area contributed by atoms with E-state index in [2.05, 4.69) is 5.32 Å². The van der Waals surface area contributed by atoms with Gasteiger partial charge in [-0.25, -0.2) is 0 Å². The molecule has 20 heavy (non-hydrogen) atoms. The van der Waals surface area contributed by atoms with Crippen LogP contribution in [0.5, 0.6) is 0 Å². The van der Waals surface area contributed by atoms with Crippen LogP contribution < -0.4 is 5.32 Å². The molecule has 6 heteroatoms. The fourth-order valence-electron chi connectivity index (χ4n) is 1.95. The van der Waals surface area contributed by atoms with Crippen molar-refractivity contribution in [2.75, 3.05) is 27.2 Å². The maximum atomic E-state index is 12.3. The Morgan fingerprint density at radius 2 is 2.15 bits per heavy atom. The number of hydrogen-bond acceptors (Lipinski definition) is 3. The highest BCUT2D eigenvalue weighted by Gasteiger charge is 2.20. The summed E-state index contributed by atoms with van der Waals surface area (Å²) in [6.07, 6.45) is 0. The van der Waals surface area contributed by atoms with Crippen molar-refractivity contribution >= 4 is 40.9 Å². The van der Waals surface area contributed by atoms with E-state index in [4.69, 9.17) is 16.0 Å². The first-order valence-electron chi connectivity index (χ1n) is 6.13. The van der Waals surface area contributed by atoms with Crippen LogP contribution in [0.2, 0.25) is 5.02 Å². The molecule has 4 nitrogen and oxygen atoms in total. The van der Waals surface area contributed by atoms with E-state index in [-0.39, 0.29) is 18.3 Å². The van der Waals surface area contributed by atoms with Crippen molar-refractivity contribution < 1.29 is 9.21 Å². The third-order valence-electron chi connectivity index (χ3n) is 3.14. The normalized spacial score (nSPS) is 10.4. The molecule has 2 rings (SSSR count). The lowest BCUT2D eigenvalue weighted by atomic mass is 10.1. The maximum Gasteiger partial charge on any atom is 0.289 e. The fraction of sp³-hybridized carbons (Fsp3) is 0.357. The number of carbonyl (C=O) groups excluding carboxylic acids is 1. The minimum Gasteiger partial charge on any atom is -0.451 e. The molecule has 0 radical (unpaired) electrons. The van der Waals surface area contributed by atoms with Gasteiger partial charge in [0.05, 0.1) is 0 Å². The molecule has 1 heterocycles. The van der Waals surface area contributed by atoms with Crippen molar-refractivity contribution in [3.8, 4) is 0 Å². The number of aryl methyl sites for hydroxylation is 1. The first kappa shape index (κ1) is 16.8. The van der Waals surface area contributed by atoms with Crippen LogP contribution in [0, 0.1) is 6.92 Å². The van der Waals surface area contributed by atoms with Crippen LogP contribution in [0.4, 0.5) is 0 Å². The Hall–Kier alpha value is -1.23. The second-order valence-corrected chi connectivity index (χ2v) is 4.96. The van der Waals surface area contributed by atoms with Crippen LogP contribution >= 0.6 is 24.0 Å². The highest BCUT2D eigenvalue weighted by molar-refractivity contribution is 6.31. The number of amides is 1. The van der Waals surface area contributed by atoms with Crippen LogP contribution in [-0.2, 0) is 0 Å². The molecule has 0 aliphatic carbocycles. The van der Waals surface area contributed by atoms with Crippen LogP contribution in [0.1, 0.15) is 16.1 Å². The summed E-state index contributed by atoms with van der Waals surface area (Å²) in [5.74, 6) is 0.274.